The Hall–Kier alpha value is -3.18. The van der Waals surface area contributed by atoms with Gasteiger partial charge in [-0.1, -0.05) is 62.6 Å². The van der Waals surface area contributed by atoms with E-state index in [0.717, 1.165) is 35.7 Å². The smallest absolute Gasteiger partial charge is 0.120 e. The molecule has 148 valence electrons. The summed E-state index contributed by atoms with van der Waals surface area (Å²) in [6, 6.07) is 24.7. The number of ether oxygens (including phenoxy) is 2. The lowest BCUT2D eigenvalue weighted by atomic mass is 10.0. The average molecular weight is 385 g/mol. The van der Waals surface area contributed by atoms with Crippen molar-refractivity contribution >= 4 is 0 Å². The summed E-state index contributed by atoms with van der Waals surface area (Å²) in [5.74, 6) is 8.29. The molecule has 1 atom stereocenters. The molecule has 0 fully saturated rings. The minimum atomic E-state index is 0.540. The highest BCUT2D eigenvalue weighted by Gasteiger charge is 2.02. The summed E-state index contributed by atoms with van der Waals surface area (Å²) < 4.78 is 11.7. The van der Waals surface area contributed by atoms with Gasteiger partial charge in [-0.2, -0.15) is 0 Å². The number of hydrogen-bond donors (Lipinski definition) is 0. The molecule has 0 amide bonds. The molecule has 2 nitrogen and oxygen atoms in total. The Balaban J connectivity index is 1.54. The Kier molecular flexibility index (Phi) is 7.36. The molecule has 0 spiro atoms. The molecule has 3 rings (SSSR count). The van der Waals surface area contributed by atoms with Crippen LogP contribution in [0.1, 0.15) is 38.3 Å². The molecule has 0 radical (unpaired) electrons. The van der Waals surface area contributed by atoms with Gasteiger partial charge in [0.15, 0.2) is 0 Å². The molecule has 2 heteroatoms. The summed E-state index contributed by atoms with van der Waals surface area (Å²) in [4.78, 5) is 0. The van der Waals surface area contributed by atoms with E-state index >= 15 is 0 Å². The van der Waals surface area contributed by atoms with Crippen LogP contribution in [0, 0.1) is 17.8 Å². The van der Waals surface area contributed by atoms with E-state index in [9.17, 15) is 0 Å². The number of rotatable bonds is 8. The van der Waals surface area contributed by atoms with Crippen molar-refractivity contribution in [2.45, 2.75) is 33.8 Å². The molecule has 0 saturated heterocycles. The third kappa shape index (κ3) is 6.16. The molecule has 1 unspecified atom stereocenters. The van der Waals surface area contributed by atoms with Crippen LogP contribution in [0.15, 0.2) is 72.8 Å². The largest absolute Gasteiger partial charge is 0.493 e. The highest BCUT2D eigenvalue weighted by molar-refractivity contribution is 5.64. The lowest BCUT2D eigenvalue weighted by molar-refractivity contribution is 0.255. The third-order valence-corrected chi connectivity index (χ3v) is 4.90. The molecule has 0 aliphatic heterocycles. The number of hydrogen-bond acceptors (Lipinski definition) is 2. The fourth-order valence-corrected chi connectivity index (χ4v) is 2.84. The molecule has 3 aromatic carbocycles. The molecular weight excluding hydrogens is 356 g/mol. The highest BCUT2D eigenvalue weighted by atomic mass is 16.5. The van der Waals surface area contributed by atoms with Gasteiger partial charge in [-0.05, 0) is 65.9 Å². The van der Waals surface area contributed by atoms with E-state index in [4.69, 9.17) is 9.47 Å². The summed E-state index contributed by atoms with van der Waals surface area (Å²) in [5.41, 5.74) is 4.55. The van der Waals surface area contributed by atoms with Gasteiger partial charge in [0.25, 0.3) is 0 Å². The first-order valence-corrected chi connectivity index (χ1v) is 10.2. The van der Waals surface area contributed by atoms with E-state index in [2.05, 4.69) is 74.2 Å². The lowest BCUT2D eigenvalue weighted by Gasteiger charge is -2.12. The maximum Gasteiger partial charge on any atom is 0.120 e. The minimum Gasteiger partial charge on any atom is -0.493 e. The lowest BCUT2D eigenvalue weighted by Crippen LogP contribution is -2.07. The molecule has 3 aromatic rings. The topological polar surface area (TPSA) is 18.5 Å². The minimum absolute atomic E-state index is 0.540. The van der Waals surface area contributed by atoms with Crippen LogP contribution < -0.4 is 9.47 Å². The van der Waals surface area contributed by atoms with Gasteiger partial charge in [0.2, 0.25) is 0 Å². The summed E-state index contributed by atoms with van der Waals surface area (Å²) in [5, 5.41) is 0. The molecule has 0 aliphatic carbocycles. The van der Waals surface area contributed by atoms with Crippen molar-refractivity contribution in [3.8, 4) is 34.5 Å². The van der Waals surface area contributed by atoms with Crippen molar-refractivity contribution in [2.24, 2.45) is 5.92 Å². The molecule has 0 saturated carbocycles. The SMILES string of the molecule is CC#Cc1ccc(-c2ccc(COc3ccc(OCC(C)CC)cc3)cc2)cc1. The van der Waals surface area contributed by atoms with Crippen molar-refractivity contribution in [2.75, 3.05) is 6.61 Å². The zero-order chi connectivity index (χ0) is 20.5. The monoisotopic (exact) mass is 384 g/mol. The van der Waals surface area contributed by atoms with E-state index < -0.39 is 0 Å². The second-order valence-corrected chi connectivity index (χ2v) is 7.23. The van der Waals surface area contributed by atoms with Crippen molar-refractivity contribution in [3.05, 3.63) is 83.9 Å². The summed E-state index contributed by atoms with van der Waals surface area (Å²) >= 11 is 0. The molecule has 0 bridgehead atoms. The maximum atomic E-state index is 5.91. The number of benzene rings is 3. The van der Waals surface area contributed by atoms with Gasteiger partial charge in [-0.3, -0.25) is 0 Å². The molecule has 0 heterocycles. The zero-order valence-electron chi connectivity index (χ0n) is 17.4. The normalized spacial score (nSPS) is 11.3. The maximum absolute atomic E-state index is 5.91. The van der Waals surface area contributed by atoms with Crippen LogP contribution in [0.3, 0.4) is 0 Å². The Morgan fingerprint density at radius 1 is 0.759 bits per heavy atom. The van der Waals surface area contributed by atoms with Crippen molar-refractivity contribution < 1.29 is 9.47 Å². The Bertz CT molecular complexity index is 943. The van der Waals surface area contributed by atoms with Crippen molar-refractivity contribution in [1.82, 2.24) is 0 Å². The summed E-state index contributed by atoms with van der Waals surface area (Å²) in [6.07, 6.45) is 1.12. The molecule has 0 aromatic heterocycles. The molecule has 29 heavy (non-hydrogen) atoms. The van der Waals surface area contributed by atoms with Gasteiger partial charge in [0.05, 0.1) is 6.61 Å². The predicted octanol–water partition coefficient (Wildman–Crippen LogP) is 6.73. The molecular formula is C27H28O2. The van der Waals surface area contributed by atoms with Crippen LogP contribution in [0.25, 0.3) is 11.1 Å². The van der Waals surface area contributed by atoms with Crippen LogP contribution in [-0.2, 0) is 6.61 Å². The molecule has 0 N–H and O–H groups in total. The second kappa shape index (κ2) is 10.4. The van der Waals surface area contributed by atoms with E-state index in [0.29, 0.717) is 12.5 Å². The molecule has 0 aliphatic rings. The van der Waals surface area contributed by atoms with Gasteiger partial charge in [-0.25, -0.2) is 0 Å². The second-order valence-electron chi connectivity index (χ2n) is 7.23. The Labute approximate surface area is 174 Å². The van der Waals surface area contributed by atoms with E-state index in [1.54, 1.807) is 0 Å². The van der Waals surface area contributed by atoms with Crippen LogP contribution in [0.5, 0.6) is 11.5 Å². The first-order valence-electron chi connectivity index (χ1n) is 10.2. The highest BCUT2D eigenvalue weighted by Crippen LogP contribution is 2.22. The Morgan fingerprint density at radius 3 is 1.86 bits per heavy atom. The van der Waals surface area contributed by atoms with Crippen LogP contribution >= 0.6 is 0 Å². The van der Waals surface area contributed by atoms with Crippen molar-refractivity contribution in [3.63, 3.8) is 0 Å². The quantitative estimate of drug-likeness (QED) is 0.401. The third-order valence-electron chi connectivity index (χ3n) is 4.90. The standard InChI is InChI=1S/C27H28O2/c1-4-6-22-7-11-24(12-8-22)25-13-9-23(10-14-25)20-29-27-17-15-26(16-18-27)28-19-21(3)5-2/h7-18,21H,5,19-20H2,1-3H3. The zero-order valence-corrected chi connectivity index (χ0v) is 17.4. The van der Waals surface area contributed by atoms with Gasteiger partial charge < -0.3 is 9.47 Å². The van der Waals surface area contributed by atoms with Crippen LogP contribution in [-0.4, -0.2) is 6.61 Å². The summed E-state index contributed by atoms with van der Waals surface area (Å²) in [6.45, 7) is 7.51. The van der Waals surface area contributed by atoms with Crippen LogP contribution in [0.2, 0.25) is 0 Å². The van der Waals surface area contributed by atoms with E-state index in [-0.39, 0.29) is 0 Å². The Morgan fingerprint density at radius 2 is 1.31 bits per heavy atom. The van der Waals surface area contributed by atoms with E-state index in [1.807, 2.05) is 31.2 Å². The fourth-order valence-electron chi connectivity index (χ4n) is 2.84. The average Bonchev–Trinajstić information content (AvgIpc) is 2.78. The first-order chi connectivity index (χ1) is 14.2. The van der Waals surface area contributed by atoms with Crippen molar-refractivity contribution in [1.29, 1.82) is 0 Å². The van der Waals surface area contributed by atoms with Gasteiger partial charge in [0, 0.05) is 5.56 Å². The van der Waals surface area contributed by atoms with E-state index in [1.165, 1.54) is 11.1 Å². The summed E-state index contributed by atoms with van der Waals surface area (Å²) in [7, 11) is 0. The van der Waals surface area contributed by atoms with Gasteiger partial charge in [0.1, 0.15) is 18.1 Å². The predicted molar refractivity (Wildman–Crippen MR) is 120 cm³/mol. The van der Waals surface area contributed by atoms with Gasteiger partial charge >= 0.3 is 0 Å². The van der Waals surface area contributed by atoms with Crippen LogP contribution in [0.4, 0.5) is 0 Å². The first kappa shape index (κ1) is 20.6. The fraction of sp³-hybridized carbons (Fsp3) is 0.259. The van der Waals surface area contributed by atoms with Gasteiger partial charge in [-0.15, -0.1) is 5.92 Å².